The van der Waals surface area contributed by atoms with Crippen LogP contribution in [0.15, 0.2) is 36.4 Å². The lowest BCUT2D eigenvalue weighted by atomic mass is 9.96. The monoisotopic (exact) mass is 505 g/mol. The van der Waals surface area contributed by atoms with Crippen LogP contribution in [0.25, 0.3) is 43.6 Å². The molecule has 3 aromatic carbocycles. The number of aromatic amines is 1. The molecule has 5 heterocycles. The summed E-state index contributed by atoms with van der Waals surface area (Å²) < 4.78 is 2.38. The van der Waals surface area contributed by atoms with E-state index in [0.717, 1.165) is 77.1 Å². The first kappa shape index (κ1) is 22.3. The molecule has 0 bridgehead atoms. The van der Waals surface area contributed by atoms with Gasteiger partial charge < -0.3 is 19.8 Å². The number of carbonyl (C=O) groups excluding carboxylic acids is 2. The minimum atomic E-state index is -0.298. The van der Waals surface area contributed by atoms with Crippen molar-refractivity contribution in [2.24, 2.45) is 0 Å². The average molecular weight is 506 g/mol. The third-order valence-electron chi connectivity index (χ3n) is 8.91. The molecule has 7 heteroatoms. The number of nitrogens with one attached hydrogen (secondary N) is 3. The van der Waals surface area contributed by atoms with Crippen molar-refractivity contribution >= 4 is 55.4 Å². The minimum Gasteiger partial charge on any atom is -0.353 e. The van der Waals surface area contributed by atoms with Gasteiger partial charge >= 0.3 is 0 Å². The van der Waals surface area contributed by atoms with Gasteiger partial charge in [0.15, 0.2) is 0 Å². The summed E-state index contributed by atoms with van der Waals surface area (Å²) in [6.45, 7) is 6.21. The Labute approximate surface area is 220 Å². The number of likely N-dealkylation sites (tertiary alicyclic amines) is 1. The van der Waals surface area contributed by atoms with Gasteiger partial charge in [-0.1, -0.05) is 36.8 Å². The number of piperidine rings is 1. The van der Waals surface area contributed by atoms with Gasteiger partial charge in [-0.2, -0.15) is 0 Å². The number of hydrogen-bond acceptors (Lipinski definition) is 4. The lowest BCUT2D eigenvalue weighted by Gasteiger charge is -2.26. The first-order chi connectivity index (χ1) is 18.7. The SMILES string of the molecule is O=C1NC(=O)c2c1c1c3ccc(CNCCN4CCCCC4)cc3[nH]c1c1c2c2cccc3c2n1CCC3. The Balaban J connectivity index is 1.27. The Morgan fingerprint density at radius 1 is 0.842 bits per heavy atom. The third kappa shape index (κ3) is 3.15. The molecule has 2 aromatic heterocycles. The summed E-state index contributed by atoms with van der Waals surface area (Å²) in [5.41, 5.74) is 7.77. The fourth-order valence-electron chi connectivity index (χ4n) is 7.23. The molecule has 0 radical (unpaired) electrons. The van der Waals surface area contributed by atoms with Crippen LogP contribution in [0.4, 0.5) is 0 Å². The molecule has 5 aromatic rings. The van der Waals surface area contributed by atoms with E-state index in [2.05, 4.69) is 61.5 Å². The van der Waals surface area contributed by atoms with E-state index in [1.165, 1.54) is 49.0 Å². The Bertz CT molecular complexity index is 1800. The molecule has 0 saturated carbocycles. The molecule has 0 spiro atoms. The highest BCUT2D eigenvalue weighted by molar-refractivity contribution is 6.39. The molecule has 7 nitrogen and oxygen atoms in total. The lowest BCUT2D eigenvalue weighted by molar-refractivity contribution is 0.0880. The Morgan fingerprint density at radius 3 is 2.55 bits per heavy atom. The van der Waals surface area contributed by atoms with Gasteiger partial charge in [-0.05, 0) is 56.0 Å². The molecule has 3 aliphatic rings. The number of nitrogens with zero attached hydrogens (tertiary/aromatic N) is 2. The van der Waals surface area contributed by atoms with Crippen LogP contribution in [0.1, 0.15) is 57.5 Å². The first-order valence-electron chi connectivity index (χ1n) is 14.0. The fraction of sp³-hybridized carbons (Fsp3) is 0.355. The number of para-hydroxylation sites is 1. The van der Waals surface area contributed by atoms with Crippen LogP contribution >= 0.6 is 0 Å². The van der Waals surface area contributed by atoms with Crippen LogP contribution in [-0.2, 0) is 19.5 Å². The summed E-state index contributed by atoms with van der Waals surface area (Å²) in [5, 5.41) is 10.0. The van der Waals surface area contributed by atoms with Crippen molar-refractivity contribution in [2.75, 3.05) is 26.2 Å². The molecule has 0 unspecified atom stereocenters. The normalized spacial score (nSPS) is 17.8. The molecule has 1 saturated heterocycles. The van der Waals surface area contributed by atoms with E-state index in [-0.39, 0.29) is 11.8 Å². The molecule has 8 rings (SSSR count). The van der Waals surface area contributed by atoms with E-state index < -0.39 is 0 Å². The van der Waals surface area contributed by atoms with Crippen molar-refractivity contribution in [3.05, 3.63) is 58.7 Å². The van der Waals surface area contributed by atoms with Gasteiger partial charge in [0.2, 0.25) is 0 Å². The minimum absolute atomic E-state index is 0.288. The number of benzene rings is 3. The largest absolute Gasteiger partial charge is 0.353 e. The van der Waals surface area contributed by atoms with Crippen molar-refractivity contribution in [3.8, 4) is 0 Å². The van der Waals surface area contributed by atoms with Crippen LogP contribution in [0.3, 0.4) is 0 Å². The van der Waals surface area contributed by atoms with Crippen molar-refractivity contribution in [2.45, 2.75) is 45.2 Å². The fourth-order valence-corrected chi connectivity index (χ4v) is 7.23. The van der Waals surface area contributed by atoms with Crippen molar-refractivity contribution in [1.29, 1.82) is 0 Å². The standard InChI is InChI=1S/C31H31N5O2/c37-30-25-23-20-10-9-18(17-32-11-15-35-12-2-1-3-13-35)16-22(20)33-27(23)29-24(26(25)31(38)34-30)21-8-4-6-19-7-5-14-36(29)28(19)21/h4,6,8-10,16,32-33H,1-3,5,7,11-15,17H2,(H,34,37,38). The summed E-state index contributed by atoms with van der Waals surface area (Å²) in [6, 6.07) is 12.8. The van der Waals surface area contributed by atoms with Gasteiger partial charge in [-0.3, -0.25) is 14.9 Å². The van der Waals surface area contributed by atoms with Crippen molar-refractivity contribution < 1.29 is 9.59 Å². The molecular weight excluding hydrogens is 474 g/mol. The van der Waals surface area contributed by atoms with Gasteiger partial charge in [0, 0.05) is 53.2 Å². The predicted octanol–water partition coefficient (Wildman–Crippen LogP) is 4.83. The number of rotatable bonds is 5. The second kappa shape index (κ2) is 8.41. The molecule has 1 fully saturated rings. The maximum absolute atomic E-state index is 13.2. The van der Waals surface area contributed by atoms with Crippen molar-refractivity contribution in [3.63, 3.8) is 0 Å². The highest BCUT2D eigenvalue weighted by Crippen LogP contribution is 2.45. The molecule has 3 aliphatic heterocycles. The van der Waals surface area contributed by atoms with Crippen LogP contribution in [-0.4, -0.2) is 52.4 Å². The number of carbonyl (C=O) groups is 2. The van der Waals surface area contributed by atoms with Crippen molar-refractivity contribution in [1.82, 2.24) is 25.1 Å². The zero-order chi connectivity index (χ0) is 25.4. The number of aryl methyl sites for hydroxylation is 2. The van der Waals surface area contributed by atoms with Gasteiger partial charge in [-0.15, -0.1) is 0 Å². The first-order valence-corrected chi connectivity index (χ1v) is 14.0. The average Bonchev–Trinajstić information content (AvgIpc) is 3.57. The van der Waals surface area contributed by atoms with Gasteiger partial charge in [-0.25, -0.2) is 0 Å². The smallest absolute Gasteiger partial charge is 0.259 e. The maximum atomic E-state index is 13.2. The predicted molar refractivity (Wildman–Crippen MR) is 151 cm³/mol. The number of hydrogen-bond donors (Lipinski definition) is 3. The van der Waals surface area contributed by atoms with Gasteiger partial charge in [0.05, 0.1) is 27.7 Å². The van der Waals surface area contributed by atoms with Crippen LogP contribution in [0, 0.1) is 0 Å². The number of fused-ring (bicyclic) bond motifs is 10. The number of H-pyrrole nitrogens is 1. The lowest BCUT2D eigenvalue weighted by Crippen LogP contribution is -2.35. The van der Waals surface area contributed by atoms with Crippen LogP contribution in [0.2, 0.25) is 0 Å². The summed E-state index contributed by atoms with van der Waals surface area (Å²) in [7, 11) is 0. The molecule has 0 atom stereocenters. The summed E-state index contributed by atoms with van der Waals surface area (Å²) >= 11 is 0. The van der Waals surface area contributed by atoms with Gasteiger partial charge in [0.1, 0.15) is 0 Å². The topological polar surface area (TPSA) is 82.2 Å². The Kier molecular flexibility index (Phi) is 4.94. The van der Waals surface area contributed by atoms with E-state index >= 15 is 0 Å². The molecule has 38 heavy (non-hydrogen) atoms. The number of imide groups is 1. The Hall–Kier alpha value is -3.68. The number of aromatic nitrogens is 2. The maximum Gasteiger partial charge on any atom is 0.259 e. The zero-order valence-electron chi connectivity index (χ0n) is 21.5. The second-order valence-corrected chi connectivity index (χ2v) is 11.2. The van der Waals surface area contributed by atoms with Crippen LogP contribution in [0.5, 0.6) is 0 Å². The van der Waals surface area contributed by atoms with E-state index in [0.29, 0.717) is 11.1 Å². The Morgan fingerprint density at radius 2 is 1.68 bits per heavy atom. The van der Waals surface area contributed by atoms with Crippen LogP contribution < -0.4 is 10.6 Å². The summed E-state index contributed by atoms with van der Waals surface area (Å²) in [5.74, 6) is -0.586. The number of amides is 2. The van der Waals surface area contributed by atoms with E-state index in [4.69, 9.17) is 0 Å². The van der Waals surface area contributed by atoms with E-state index in [9.17, 15) is 9.59 Å². The molecule has 3 N–H and O–H groups in total. The highest BCUT2D eigenvalue weighted by Gasteiger charge is 2.36. The third-order valence-corrected chi connectivity index (χ3v) is 8.91. The zero-order valence-corrected chi connectivity index (χ0v) is 21.5. The highest BCUT2D eigenvalue weighted by atomic mass is 16.2. The molecule has 2 amide bonds. The van der Waals surface area contributed by atoms with E-state index in [1.807, 2.05) is 0 Å². The summed E-state index contributed by atoms with van der Waals surface area (Å²) in [4.78, 5) is 32.6. The molecular formula is C31H31N5O2. The quantitative estimate of drug-likeness (QED) is 0.236. The van der Waals surface area contributed by atoms with Gasteiger partial charge in [0.25, 0.3) is 11.8 Å². The van der Waals surface area contributed by atoms with E-state index in [1.54, 1.807) is 0 Å². The summed E-state index contributed by atoms with van der Waals surface area (Å²) in [6.07, 6.45) is 6.09. The molecule has 0 aliphatic carbocycles. The molecule has 192 valence electrons. The second-order valence-electron chi connectivity index (χ2n) is 11.2.